The zero-order valence-corrected chi connectivity index (χ0v) is 19.1. The molecule has 35 heavy (non-hydrogen) atoms. The van der Waals surface area contributed by atoms with Gasteiger partial charge in [0, 0.05) is 17.9 Å². The van der Waals surface area contributed by atoms with Crippen LogP contribution in [0.25, 0.3) is 11.0 Å². The van der Waals surface area contributed by atoms with E-state index in [-0.39, 0.29) is 35.9 Å². The van der Waals surface area contributed by atoms with Crippen molar-refractivity contribution in [3.05, 3.63) is 87.8 Å². The van der Waals surface area contributed by atoms with E-state index >= 15 is 0 Å². The van der Waals surface area contributed by atoms with Gasteiger partial charge in [-0.15, -0.1) is 0 Å². The van der Waals surface area contributed by atoms with E-state index < -0.39 is 11.5 Å². The number of methoxy groups -OCH3 is 2. The van der Waals surface area contributed by atoms with Gasteiger partial charge >= 0.3 is 5.63 Å². The molecule has 1 atom stereocenters. The fourth-order valence-corrected chi connectivity index (χ4v) is 4.28. The van der Waals surface area contributed by atoms with Crippen LogP contribution in [0, 0.1) is 0 Å². The highest BCUT2D eigenvalue weighted by molar-refractivity contribution is 5.97. The van der Waals surface area contributed by atoms with Gasteiger partial charge in [-0.3, -0.25) is 4.79 Å². The van der Waals surface area contributed by atoms with Crippen molar-refractivity contribution < 1.29 is 33.3 Å². The average molecular weight is 474 g/mol. The van der Waals surface area contributed by atoms with Gasteiger partial charge in [0.25, 0.3) is 0 Å². The summed E-state index contributed by atoms with van der Waals surface area (Å²) in [5.74, 6) is 0.658. The number of ether oxygens (including phenoxy) is 4. The number of carbonyl (C=O) groups is 1. The number of benzene rings is 3. The predicted octanol–water partition coefficient (Wildman–Crippen LogP) is 4.65. The zero-order chi connectivity index (χ0) is 24.5. The van der Waals surface area contributed by atoms with Gasteiger partial charge in [-0.2, -0.15) is 0 Å². The molecule has 8 heteroatoms. The van der Waals surface area contributed by atoms with Gasteiger partial charge in [0.05, 0.1) is 25.2 Å². The molecule has 1 aromatic heterocycles. The summed E-state index contributed by atoms with van der Waals surface area (Å²) in [6, 6.07) is 16.7. The van der Waals surface area contributed by atoms with E-state index in [9.17, 15) is 14.7 Å². The van der Waals surface area contributed by atoms with Crippen molar-refractivity contribution in [2.75, 3.05) is 21.0 Å². The Bertz CT molecular complexity index is 1490. The lowest BCUT2D eigenvalue weighted by Gasteiger charge is -2.19. The van der Waals surface area contributed by atoms with E-state index in [2.05, 4.69) is 0 Å². The molecule has 1 unspecified atom stereocenters. The molecule has 1 aliphatic heterocycles. The van der Waals surface area contributed by atoms with Crippen LogP contribution in [-0.4, -0.2) is 31.9 Å². The second-order valence-electron chi connectivity index (χ2n) is 8.01. The number of hydrogen-bond donors (Lipinski definition) is 1. The molecule has 1 N–H and O–H groups in total. The summed E-state index contributed by atoms with van der Waals surface area (Å²) >= 11 is 0. The molecule has 2 heterocycles. The van der Waals surface area contributed by atoms with E-state index in [1.807, 2.05) is 0 Å². The lowest BCUT2D eigenvalue weighted by atomic mass is 9.85. The Morgan fingerprint density at radius 1 is 0.971 bits per heavy atom. The molecule has 4 aromatic rings. The molecule has 1 aliphatic rings. The van der Waals surface area contributed by atoms with Gasteiger partial charge in [-0.05, 0) is 48.0 Å². The van der Waals surface area contributed by atoms with Crippen LogP contribution in [0.5, 0.6) is 28.7 Å². The molecule has 3 aromatic carbocycles. The van der Waals surface area contributed by atoms with Gasteiger partial charge in [0.2, 0.25) is 6.79 Å². The van der Waals surface area contributed by atoms with E-state index in [1.165, 1.54) is 14.2 Å². The molecule has 0 spiro atoms. The number of para-hydroxylation sites is 1. The predicted molar refractivity (Wildman–Crippen MR) is 127 cm³/mol. The molecule has 0 bridgehead atoms. The van der Waals surface area contributed by atoms with E-state index in [0.29, 0.717) is 39.5 Å². The summed E-state index contributed by atoms with van der Waals surface area (Å²) in [4.78, 5) is 26.5. The standard InChI is InChI=1S/C27H22O8/c1-31-21-9-8-16(12-23(21)32-2)19(28)13-18(15-7-10-22-24(11-15)34-14-33-22)25-26(29)17-5-3-4-6-20(17)35-27(25)30/h3-12,18,29H,13-14H2,1-2H3. The topological polar surface area (TPSA) is 104 Å². The second-order valence-corrected chi connectivity index (χ2v) is 8.01. The summed E-state index contributed by atoms with van der Waals surface area (Å²) in [5, 5.41) is 11.5. The smallest absolute Gasteiger partial charge is 0.343 e. The van der Waals surface area contributed by atoms with Crippen molar-refractivity contribution in [1.82, 2.24) is 0 Å². The van der Waals surface area contributed by atoms with Crippen LogP contribution in [-0.2, 0) is 0 Å². The van der Waals surface area contributed by atoms with Crippen molar-refractivity contribution in [3.63, 3.8) is 0 Å². The number of aromatic hydroxyl groups is 1. The number of carbonyl (C=O) groups excluding carboxylic acids is 1. The van der Waals surface area contributed by atoms with Crippen LogP contribution in [0.1, 0.15) is 33.8 Å². The molecule has 8 nitrogen and oxygen atoms in total. The molecule has 0 amide bonds. The maximum atomic E-state index is 13.4. The van der Waals surface area contributed by atoms with Gasteiger partial charge in [-0.25, -0.2) is 4.79 Å². The quantitative estimate of drug-likeness (QED) is 0.305. The van der Waals surface area contributed by atoms with Gasteiger partial charge in [0.1, 0.15) is 11.3 Å². The molecule has 0 saturated carbocycles. The first-order chi connectivity index (χ1) is 17.0. The monoisotopic (exact) mass is 474 g/mol. The highest BCUT2D eigenvalue weighted by atomic mass is 16.7. The number of hydrogen-bond acceptors (Lipinski definition) is 8. The lowest BCUT2D eigenvalue weighted by Crippen LogP contribution is -2.17. The van der Waals surface area contributed by atoms with Crippen LogP contribution in [0.15, 0.2) is 69.9 Å². The molecular weight excluding hydrogens is 452 g/mol. The SMILES string of the molecule is COc1ccc(C(=O)CC(c2ccc3c(c2)OCO3)c2c(O)c3ccccc3oc2=O)cc1OC. The Kier molecular flexibility index (Phi) is 5.78. The first-order valence-electron chi connectivity index (χ1n) is 10.9. The number of Topliss-reactive ketones (excluding diaryl/α,β-unsaturated/α-hetero) is 1. The molecule has 0 fully saturated rings. The average Bonchev–Trinajstić information content (AvgIpc) is 3.35. The highest BCUT2D eigenvalue weighted by Gasteiger charge is 2.29. The van der Waals surface area contributed by atoms with Gasteiger partial charge in [-0.1, -0.05) is 18.2 Å². The number of fused-ring (bicyclic) bond motifs is 2. The maximum Gasteiger partial charge on any atom is 0.343 e. The van der Waals surface area contributed by atoms with Crippen LogP contribution >= 0.6 is 0 Å². The maximum absolute atomic E-state index is 13.4. The third kappa shape index (κ3) is 4.03. The van der Waals surface area contributed by atoms with Crippen molar-refractivity contribution >= 4 is 16.8 Å². The van der Waals surface area contributed by atoms with Crippen molar-refractivity contribution in [1.29, 1.82) is 0 Å². The van der Waals surface area contributed by atoms with Gasteiger partial charge < -0.3 is 28.5 Å². The Hall–Kier alpha value is -4.46. The molecule has 0 saturated heterocycles. The van der Waals surface area contributed by atoms with Gasteiger partial charge in [0.15, 0.2) is 28.8 Å². The Morgan fingerprint density at radius 2 is 1.74 bits per heavy atom. The minimum atomic E-state index is -0.814. The van der Waals surface area contributed by atoms with Crippen LogP contribution in [0.4, 0.5) is 0 Å². The second kappa shape index (κ2) is 9.06. The lowest BCUT2D eigenvalue weighted by molar-refractivity contribution is 0.0976. The fraction of sp³-hybridized carbons (Fsp3) is 0.185. The number of ketones is 1. The van der Waals surface area contributed by atoms with E-state index in [4.69, 9.17) is 23.4 Å². The Labute approximate surface area is 200 Å². The van der Waals surface area contributed by atoms with Crippen LogP contribution in [0.3, 0.4) is 0 Å². The first-order valence-corrected chi connectivity index (χ1v) is 10.9. The van der Waals surface area contributed by atoms with E-state index in [0.717, 1.165) is 0 Å². The minimum Gasteiger partial charge on any atom is -0.507 e. The minimum absolute atomic E-state index is 0.00334. The van der Waals surface area contributed by atoms with Crippen molar-refractivity contribution in [3.8, 4) is 28.7 Å². The van der Waals surface area contributed by atoms with Crippen molar-refractivity contribution in [2.24, 2.45) is 0 Å². The summed E-state index contributed by atoms with van der Waals surface area (Å²) < 4.78 is 27.0. The molecule has 0 radical (unpaired) electrons. The third-order valence-corrected chi connectivity index (χ3v) is 6.06. The van der Waals surface area contributed by atoms with Crippen LogP contribution in [0.2, 0.25) is 0 Å². The third-order valence-electron chi connectivity index (χ3n) is 6.06. The molecule has 178 valence electrons. The Morgan fingerprint density at radius 3 is 2.54 bits per heavy atom. The van der Waals surface area contributed by atoms with Crippen LogP contribution < -0.4 is 24.6 Å². The largest absolute Gasteiger partial charge is 0.507 e. The fourth-order valence-electron chi connectivity index (χ4n) is 4.28. The molecule has 5 rings (SSSR count). The normalized spacial score (nSPS) is 13.0. The van der Waals surface area contributed by atoms with E-state index in [1.54, 1.807) is 60.7 Å². The summed E-state index contributed by atoms with van der Waals surface area (Å²) in [7, 11) is 3.00. The summed E-state index contributed by atoms with van der Waals surface area (Å²) in [6.07, 6.45) is -0.119. The molecule has 0 aliphatic carbocycles. The summed E-state index contributed by atoms with van der Waals surface area (Å²) in [5.41, 5.74) is 0.508. The van der Waals surface area contributed by atoms with Crippen molar-refractivity contribution in [2.45, 2.75) is 12.3 Å². The molecular formula is C27H22O8. The summed E-state index contributed by atoms with van der Waals surface area (Å²) in [6.45, 7) is 0.0807. The zero-order valence-electron chi connectivity index (χ0n) is 19.1. The first kappa shape index (κ1) is 22.3. The number of rotatable bonds is 7. The Balaban J connectivity index is 1.62. The highest BCUT2D eigenvalue weighted by Crippen LogP contribution is 2.41.